The van der Waals surface area contributed by atoms with Crippen LogP contribution in [-0.2, 0) is 0 Å². The van der Waals surface area contributed by atoms with Crippen molar-refractivity contribution in [1.82, 2.24) is 0 Å². The van der Waals surface area contributed by atoms with Crippen molar-refractivity contribution in [3.63, 3.8) is 0 Å². The first-order valence-electron chi connectivity index (χ1n) is 19.4. The summed E-state index contributed by atoms with van der Waals surface area (Å²) in [5, 5.41) is 11.7. The maximum Gasteiger partial charge on any atom is 0.143 e. The molecule has 0 fully saturated rings. The van der Waals surface area contributed by atoms with Gasteiger partial charge in [0, 0.05) is 32.9 Å². The van der Waals surface area contributed by atoms with Crippen LogP contribution in [0.3, 0.4) is 0 Å². The van der Waals surface area contributed by atoms with Gasteiger partial charge in [0.1, 0.15) is 22.3 Å². The van der Waals surface area contributed by atoms with E-state index in [-0.39, 0.29) is 0 Å². The van der Waals surface area contributed by atoms with Gasteiger partial charge in [-0.3, -0.25) is 0 Å². The first kappa shape index (κ1) is 31.7. The average molecular weight is 728 g/mol. The number of hydrogen-bond donors (Lipinski definition) is 0. The molecule has 0 aliphatic heterocycles. The van der Waals surface area contributed by atoms with E-state index in [9.17, 15) is 0 Å². The van der Waals surface area contributed by atoms with Crippen LogP contribution in [0.25, 0.3) is 98.4 Å². The molecule has 10 aromatic carbocycles. The summed E-state index contributed by atoms with van der Waals surface area (Å²) in [5.41, 5.74) is 11.3. The van der Waals surface area contributed by atoms with E-state index < -0.39 is 0 Å². The van der Waals surface area contributed by atoms with Gasteiger partial charge in [0.2, 0.25) is 0 Å². The molecule has 0 aliphatic rings. The summed E-state index contributed by atoms with van der Waals surface area (Å²) in [6.07, 6.45) is 0. The van der Waals surface area contributed by atoms with E-state index in [2.05, 4.69) is 193 Å². The summed E-state index contributed by atoms with van der Waals surface area (Å²) in [7, 11) is 0. The smallest absolute Gasteiger partial charge is 0.143 e. The summed E-state index contributed by atoms with van der Waals surface area (Å²) in [6, 6.07) is 71.6. The summed E-state index contributed by atoms with van der Waals surface area (Å²) < 4.78 is 13.0. The highest BCUT2D eigenvalue weighted by molar-refractivity contribution is 6.20. The first-order valence-corrected chi connectivity index (χ1v) is 19.4. The number of anilines is 3. The molecule has 0 unspecified atom stereocenters. The number of fused-ring (bicyclic) bond motifs is 11. The minimum absolute atomic E-state index is 0.856. The maximum atomic E-state index is 6.70. The summed E-state index contributed by atoms with van der Waals surface area (Å²) in [4.78, 5) is 2.37. The van der Waals surface area contributed by atoms with Crippen LogP contribution in [0.4, 0.5) is 17.1 Å². The molecule has 0 aliphatic carbocycles. The van der Waals surface area contributed by atoms with E-state index in [1.165, 1.54) is 32.7 Å². The number of hydrogen-bond acceptors (Lipinski definition) is 3. The lowest BCUT2D eigenvalue weighted by Crippen LogP contribution is -2.10. The van der Waals surface area contributed by atoms with E-state index in [4.69, 9.17) is 8.83 Å². The molecule has 0 radical (unpaired) electrons. The van der Waals surface area contributed by atoms with Crippen LogP contribution in [0.1, 0.15) is 0 Å². The second-order valence-electron chi connectivity index (χ2n) is 14.8. The van der Waals surface area contributed by atoms with Gasteiger partial charge in [-0.1, -0.05) is 140 Å². The van der Waals surface area contributed by atoms with E-state index in [1.54, 1.807) is 0 Å². The fraction of sp³-hybridized carbons (Fsp3) is 0. The molecule has 2 aromatic heterocycles. The number of furan rings is 2. The molecule has 0 spiro atoms. The minimum Gasteiger partial charge on any atom is -0.456 e. The Morgan fingerprint density at radius 2 is 0.947 bits per heavy atom. The van der Waals surface area contributed by atoms with Gasteiger partial charge in [-0.05, 0) is 110 Å². The van der Waals surface area contributed by atoms with Crippen molar-refractivity contribution in [2.45, 2.75) is 0 Å². The van der Waals surface area contributed by atoms with Crippen LogP contribution in [0.15, 0.2) is 209 Å². The van der Waals surface area contributed by atoms with E-state index >= 15 is 0 Å². The Morgan fingerprint density at radius 3 is 1.82 bits per heavy atom. The number of nitrogens with zero attached hydrogens (tertiary/aromatic N) is 1. The number of para-hydroxylation sites is 1. The predicted molar refractivity (Wildman–Crippen MR) is 239 cm³/mol. The molecule has 0 saturated heterocycles. The molecule has 12 aromatic rings. The van der Waals surface area contributed by atoms with Gasteiger partial charge < -0.3 is 13.7 Å². The third kappa shape index (κ3) is 4.99. The van der Waals surface area contributed by atoms with Crippen LogP contribution in [0.5, 0.6) is 0 Å². The molecule has 0 bridgehead atoms. The molecular weight excluding hydrogens is 695 g/mol. The maximum absolute atomic E-state index is 6.70. The largest absolute Gasteiger partial charge is 0.456 e. The molecule has 266 valence electrons. The molecule has 0 atom stereocenters. The van der Waals surface area contributed by atoms with E-state index in [1.807, 2.05) is 12.1 Å². The highest BCUT2D eigenvalue weighted by atomic mass is 16.3. The average Bonchev–Trinajstić information content (AvgIpc) is 3.86. The van der Waals surface area contributed by atoms with Crippen molar-refractivity contribution in [1.29, 1.82) is 0 Å². The van der Waals surface area contributed by atoms with Gasteiger partial charge in [-0.25, -0.2) is 0 Å². The van der Waals surface area contributed by atoms with E-state index in [0.29, 0.717) is 0 Å². The fourth-order valence-corrected chi connectivity index (χ4v) is 8.97. The fourth-order valence-electron chi connectivity index (χ4n) is 8.97. The molecule has 0 N–H and O–H groups in total. The molecular formula is C54H33NO2. The second kappa shape index (κ2) is 12.5. The molecule has 2 heterocycles. The van der Waals surface area contributed by atoms with Crippen molar-refractivity contribution in [3.8, 4) is 22.3 Å². The van der Waals surface area contributed by atoms with Crippen LogP contribution >= 0.6 is 0 Å². The Morgan fingerprint density at radius 1 is 0.316 bits per heavy atom. The Labute approximate surface area is 328 Å². The number of rotatable bonds is 5. The predicted octanol–water partition coefficient (Wildman–Crippen LogP) is 15.7. The Kier molecular flexibility index (Phi) is 6.93. The monoisotopic (exact) mass is 727 g/mol. The van der Waals surface area contributed by atoms with E-state index in [0.717, 1.165) is 82.8 Å². The van der Waals surface area contributed by atoms with Gasteiger partial charge >= 0.3 is 0 Å². The number of benzene rings is 10. The van der Waals surface area contributed by atoms with Gasteiger partial charge in [-0.15, -0.1) is 0 Å². The quantitative estimate of drug-likeness (QED) is 0.165. The summed E-state index contributed by atoms with van der Waals surface area (Å²) >= 11 is 0. The zero-order valence-electron chi connectivity index (χ0n) is 30.8. The van der Waals surface area contributed by atoms with Crippen LogP contribution in [-0.4, -0.2) is 0 Å². The van der Waals surface area contributed by atoms with Gasteiger partial charge in [0.15, 0.2) is 0 Å². The molecule has 12 rings (SSSR count). The minimum atomic E-state index is 0.856. The van der Waals surface area contributed by atoms with Crippen molar-refractivity contribution < 1.29 is 8.83 Å². The van der Waals surface area contributed by atoms with Crippen LogP contribution in [0, 0.1) is 0 Å². The van der Waals surface area contributed by atoms with Crippen molar-refractivity contribution >= 4 is 93.3 Å². The molecule has 3 heteroatoms. The zero-order valence-corrected chi connectivity index (χ0v) is 30.8. The topological polar surface area (TPSA) is 29.5 Å². The lowest BCUT2D eigenvalue weighted by Gasteiger charge is -2.27. The zero-order chi connectivity index (χ0) is 37.5. The Hall–Kier alpha value is -7.62. The third-order valence-electron chi connectivity index (χ3n) is 11.6. The molecule has 3 nitrogen and oxygen atoms in total. The van der Waals surface area contributed by atoms with Crippen molar-refractivity contribution in [3.05, 3.63) is 200 Å². The molecule has 57 heavy (non-hydrogen) atoms. The lowest BCUT2D eigenvalue weighted by molar-refractivity contribution is 0.669. The standard InChI is InChI=1S/C54H33NO2/c1-3-14-42-35(10-1)22-23-39-32-37(27-30-43(39)42)34-24-28-40(29-25-34)55(48-18-9-21-51-53(48)47-31-26-36-11-2-4-15-45(36)54(47)57-51)41-13-7-12-38(33-41)44-17-8-20-50-52(44)46-16-5-6-19-49(46)56-50/h1-33H. The van der Waals surface area contributed by atoms with Gasteiger partial charge in [0.05, 0.1) is 11.1 Å². The van der Waals surface area contributed by atoms with Crippen molar-refractivity contribution in [2.75, 3.05) is 4.90 Å². The Balaban J connectivity index is 1.05. The summed E-state index contributed by atoms with van der Waals surface area (Å²) in [6.45, 7) is 0. The van der Waals surface area contributed by atoms with Gasteiger partial charge in [0.25, 0.3) is 0 Å². The highest BCUT2D eigenvalue weighted by Gasteiger charge is 2.22. The normalized spacial score (nSPS) is 11.9. The first-order chi connectivity index (χ1) is 28.2. The van der Waals surface area contributed by atoms with Crippen LogP contribution < -0.4 is 4.90 Å². The SMILES string of the molecule is c1cc(-c2cccc3oc4ccccc4c23)cc(N(c2ccc(-c3ccc4c(ccc5ccccc54)c3)cc2)c2cccc3oc4c5ccccc5ccc4c23)c1. The second-order valence-corrected chi connectivity index (χ2v) is 14.8. The molecule has 0 amide bonds. The van der Waals surface area contributed by atoms with Crippen molar-refractivity contribution in [2.24, 2.45) is 0 Å². The highest BCUT2D eigenvalue weighted by Crippen LogP contribution is 2.46. The van der Waals surface area contributed by atoms with Gasteiger partial charge in [-0.2, -0.15) is 0 Å². The lowest BCUT2D eigenvalue weighted by atomic mass is 9.97. The summed E-state index contributed by atoms with van der Waals surface area (Å²) in [5.74, 6) is 0. The third-order valence-corrected chi connectivity index (χ3v) is 11.6. The van der Waals surface area contributed by atoms with Crippen LogP contribution in [0.2, 0.25) is 0 Å². The molecule has 0 saturated carbocycles. The Bertz CT molecular complexity index is 3530.